The van der Waals surface area contributed by atoms with Crippen molar-refractivity contribution in [1.29, 1.82) is 0 Å². The van der Waals surface area contributed by atoms with Crippen LogP contribution in [0.25, 0.3) is 11.0 Å². The molecule has 2 bridgehead atoms. The number of carbonyl (C=O) groups is 1. The van der Waals surface area contributed by atoms with Crippen LogP contribution in [0.5, 0.6) is 0 Å². The first-order valence-electron chi connectivity index (χ1n) is 15.0. The summed E-state index contributed by atoms with van der Waals surface area (Å²) in [6.07, 6.45) is 12.3. The van der Waals surface area contributed by atoms with Gasteiger partial charge in [0.05, 0.1) is 29.5 Å². The molecule has 3 saturated carbocycles. The summed E-state index contributed by atoms with van der Waals surface area (Å²) in [5, 5.41) is 14.2. The molecule has 2 aliphatic heterocycles. The van der Waals surface area contributed by atoms with E-state index >= 15 is 0 Å². The molecular formula is C30H42N8O. The van der Waals surface area contributed by atoms with Gasteiger partial charge in [-0.05, 0) is 89.8 Å². The van der Waals surface area contributed by atoms with Crippen molar-refractivity contribution in [3.63, 3.8) is 0 Å². The van der Waals surface area contributed by atoms with Gasteiger partial charge in [0, 0.05) is 55.6 Å². The third-order valence-electron chi connectivity index (χ3n) is 10.3. The highest BCUT2D eigenvalue weighted by Crippen LogP contribution is 2.53. The predicted octanol–water partition coefficient (Wildman–Crippen LogP) is 3.65. The second kappa shape index (κ2) is 9.32. The second-order valence-electron chi connectivity index (χ2n) is 12.9. The Morgan fingerprint density at radius 2 is 1.79 bits per heavy atom. The molecule has 0 radical (unpaired) electrons. The Morgan fingerprint density at radius 3 is 2.54 bits per heavy atom. The SMILES string of the molecule is Cc1cc(N2CCc3c(c(C)nn3CC34CCC(NC(=O)CN5CCCC5)(CC3)CC4)C2)c2cnn(C)c2n1. The Hall–Kier alpha value is -2.94. The van der Waals surface area contributed by atoms with Crippen molar-refractivity contribution in [2.24, 2.45) is 12.5 Å². The first kappa shape index (κ1) is 25.1. The molecule has 9 heteroatoms. The van der Waals surface area contributed by atoms with E-state index in [1.54, 1.807) is 0 Å². The predicted molar refractivity (Wildman–Crippen MR) is 152 cm³/mol. The van der Waals surface area contributed by atoms with Crippen molar-refractivity contribution in [1.82, 2.24) is 34.8 Å². The van der Waals surface area contributed by atoms with Crippen LogP contribution in [-0.4, -0.2) is 67.1 Å². The lowest BCUT2D eigenvalue weighted by atomic mass is 9.57. The van der Waals surface area contributed by atoms with Crippen LogP contribution in [0, 0.1) is 19.3 Å². The number of nitrogens with zero attached hydrogens (tertiary/aromatic N) is 7. The highest BCUT2D eigenvalue weighted by Gasteiger charge is 2.49. The maximum atomic E-state index is 12.8. The number of aromatic nitrogens is 5. The number of anilines is 1. The van der Waals surface area contributed by atoms with Gasteiger partial charge >= 0.3 is 0 Å². The summed E-state index contributed by atoms with van der Waals surface area (Å²) >= 11 is 0. The molecule has 5 heterocycles. The first-order valence-corrected chi connectivity index (χ1v) is 15.0. The standard InChI is InChI=1S/C30H42N8O/c1-21-16-26(23-17-31-35(3)28(23)32-21)37-15-6-25-24(18-37)22(2)34-38(25)20-29-7-10-30(11-8-29,12-9-29)33-27(39)19-36-13-4-5-14-36/h16-17H,4-15,18-20H2,1-3H3,(H,33,39). The molecule has 3 aromatic rings. The van der Waals surface area contributed by atoms with Gasteiger partial charge in [-0.25, -0.2) is 4.98 Å². The monoisotopic (exact) mass is 530 g/mol. The number of aryl methyl sites for hydroxylation is 3. The average molecular weight is 531 g/mol. The summed E-state index contributed by atoms with van der Waals surface area (Å²) in [5.74, 6) is 0.237. The summed E-state index contributed by atoms with van der Waals surface area (Å²) in [6, 6.07) is 2.20. The van der Waals surface area contributed by atoms with Crippen molar-refractivity contribution in [3.05, 3.63) is 34.9 Å². The zero-order valence-corrected chi connectivity index (χ0v) is 23.8. The Morgan fingerprint density at radius 1 is 1.05 bits per heavy atom. The van der Waals surface area contributed by atoms with Crippen LogP contribution in [0.15, 0.2) is 12.3 Å². The van der Waals surface area contributed by atoms with Crippen molar-refractivity contribution < 1.29 is 4.79 Å². The van der Waals surface area contributed by atoms with E-state index in [9.17, 15) is 4.79 Å². The van der Waals surface area contributed by atoms with Gasteiger partial charge in [-0.1, -0.05) is 0 Å². The molecular weight excluding hydrogens is 488 g/mol. The van der Waals surface area contributed by atoms with Gasteiger partial charge in [0.1, 0.15) is 0 Å². The van der Waals surface area contributed by atoms with E-state index in [2.05, 4.69) is 44.8 Å². The molecule has 3 aromatic heterocycles. The van der Waals surface area contributed by atoms with Gasteiger partial charge in [-0.15, -0.1) is 0 Å². The van der Waals surface area contributed by atoms with E-state index in [1.165, 1.54) is 49.0 Å². The van der Waals surface area contributed by atoms with Gasteiger partial charge < -0.3 is 10.2 Å². The summed E-state index contributed by atoms with van der Waals surface area (Å²) < 4.78 is 4.23. The van der Waals surface area contributed by atoms with Crippen LogP contribution in [-0.2, 0) is 31.4 Å². The molecule has 39 heavy (non-hydrogen) atoms. The van der Waals surface area contributed by atoms with Crippen molar-refractivity contribution >= 4 is 22.6 Å². The zero-order chi connectivity index (χ0) is 26.8. The van der Waals surface area contributed by atoms with E-state index in [1.807, 2.05) is 17.9 Å². The molecule has 1 amide bonds. The number of hydrogen-bond acceptors (Lipinski definition) is 6. The number of hydrogen-bond donors (Lipinski definition) is 1. The lowest BCUT2D eigenvalue weighted by Crippen LogP contribution is -2.58. The fourth-order valence-electron chi connectivity index (χ4n) is 7.96. The Balaban J connectivity index is 1.04. The summed E-state index contributed by atoms with van der Waals surface area (Å²) in [4.78, 5) is 22.3. The summed E-state index contributed by atoms with van der Waals surface area (Å²) in [5.41, 5.74) is 7.51. The number of amides is 1. The van der Waals surface area contributed by atoms with Crippen LogP contribution < -0.4 is 10.2 Å². The largest absolute Gasteiger partial charge is 0.366 e. The number of nitrogens with one attached hydrogen (secondary N) is 1. The zero-order valence-electron chi connectivity index (χ0n) is 23.8. The molecule has 8 rings (SSSR count). The normalized spacial score (nSPS) is 26.9. The lowest BCUT2D eigenvalue weighted by Gasteiger charge is -2.54. The molecule has 208 valence electrons. The van der Waals surface area contributed by atoms with Crippen molar-refractivity contribution in [2.75, 3.05) is 31.1 Å². The molecule has 9 nitrogen and oxygen atoms in total. The maximum absolute atomic E-state index is 12.8. The molecule has 1 N–H and O–H groups in total. The Kier molecular flexibility index (Phi) is 5.99. The van der Waals surface area contributed by atoms with E-state index < -0.39 is 0 Å². The van der Waals surface area contributed by atoms with Gasteiger partial charge in [0.2, 0.25) is 5.91 Å². The van der Waals surface area contributed by atoms with E-state index in [0.717, 1.165) is 80.8 Å². The molecule has 1 saturated heterocycles. The van der Waals surface area contributed by atoms with E-state index in [-0.39, 0.29) is 11.4 Å². The van der Waals surface area contributed by atoms with Gasteiger partial charge in [-0.2, -0.15) is 10.2 Å². The number of likely N-dealkylation sites (tertiary alicyclic amines) is 1. The van der Waals surface area contributed by atoms with E-state index in [0.29, 0.717) is 12.0 Å². The number of pyridine rings is 1. The van der Waals surface area contributed by atoms with Crippen LogP contribution in [0.3, 0.4) is 0 Å². The smallest absolute Gasteiger partial charge is 0.234 e. The Labute approximate surface area is 230 Å². The van der Waals surface area contributed by atoms with Gasteiger partial charge in [-0.3, -0.25) is 19.1 Å². The second-order valence-corrected chi connectivity index (χ2v) is 12.9. The number of carbonyl (C=O) groups excluding carboxylic acids is 1. The quantitative estimate of drug-likeness (QED) is 0.524. The summed E-state index contributed by atoms with van der Waals surface area (Å²) in [7, 11) is 1.96. The van der Waals surface area contributed by atoms with Crippen LogP contribution >= 0.6 is 0 Å². The molecule has 0 unspecified atom stereocenters. The third kappa shape index (κ3) is 4.42. The maximum Gasteiger partial charge on any atom is 0.234 e. The molecule has 0 spiro atoms. The minimum absolute atomic E-state index is 0.0266. The molecule has 3 aliphatic carbocycles. The van der Waals surface area contributed by atoms with Gasteiger partial charge in [0.25, 0.3) is 0 Å². The molecule has 0 aromatic carbocycles. The van der Waals surface area contributed by atoms with Gasteiger partial charge in [0.15, 0.2) is 5.65 Å². The van der Waals surface area contributed by atoms with E-state index in [4.69, 9.17) is 10.1 Å². The highest BCUT2D eigenvalue weighted by molar-refractivity contribution is 5.89. The molecule has 4 fully saturated rings. The van der Waals surface area contributed by atoms with Crippen LogP contribution in [0.1, 0.15) is 74.0 Å². The van der Waals surface area contributed by atoms with Crippen LogP contribution in [0.2, 0.25) is 0 Å². The topological polar surface area (TPSA) is 84.1 Å². The van der Waals surface area contributed by atoms with Crippen molar-refractivity contribution in [3.8, 4) is 0 Å². The van der Waals surface area contributed by atoms with Crippen molar-refractivity contribution in [2.45, 2.75) is 90.3 Å². The lowest BCUT2D eigenvalue weighted by molar-refractivity contribution is -0.126. The third-order valence-corrected chi connectivity index (χ3v) is 10.3. The fraction of sp³-hybridized carbons (Fsp3) is 0.667. The molecule has 0 atom stereocenters. The number of rotatable bonds is 6. The Bertz CT molecular complexity index is 1390. The average Bonchev–Trinajstić information content (AvgIpc) is 3.65. The molecule has 5 aliphatic rings. The first-order chi connectivity index (χ1) is 18.8. The minimum atomic E-state index is 0.0266. The minimum Gasteiger partial charge on any atom is -0.366 e. The highest BCUT2D eigenvalue weighted by atomic mass is 16.2. The van der Waals surface area contributed by atoms with Crippen LogP contribution in [0.4, 0.5) is 5.69 Å². The number of fused-ring (bicyclic) bond motifs is 5. The fourth-order valence-corrected chi connectivity index (χ4v) is 7.96. The summed E-state index contributed by atoms with van der Waals surface area (Å²) in [6.45, 7) is 9.84.